The molecular weight excluding hydrogens is 220 g/mol. The number of benzene rings is 1. The van der Waals surface area contributed by atoms with E-state index in [4.69, 9.17) is 15.2 Å². The molecule has 2 aromatic rings. The minimum absolute atomic E-state index is 0.240. The van der Waals surface area contributed by atoms with E-state index < -0.39 is 0 Å². The summed E-state index contributed by atoms with van der Waals surface area (Å²) in [6.45, 7) is 0. The summed E-state index contributed by atoms with van der Waals surface area (Å²) in [6.07, 6.45) is 0. The summed E-state index contributed by atoms with van der Waals surface area (Å²) in [7, 11) is 4.98. The number of nitrogens with zero attached hydrogens (tertiary/aromatic N) is 3. The Hall–Kier alpha value is -2.24. The Balaban J connectivity index is 2.54. The summed E-state index contributed by atoms with van der Waals surface area (Å²) in [4.78, 5) is 4.15. The van der Waals surface area contributed by atoms with Gasteiger partial charge < -0.3 is 15.2 Å². The summed E-state index contributed by atoms with van der Waals surface area (Å²) < 4.78 is 12.0. The third-order valence-electron chi connectivity index (χ3n) is 2.39. The predicted molar refractivity (Wildman–Crippen MR) is 64.0 cm³/mol. The number of nitrogens with two attached hydrogens (primary N) is 1. The Bertz CT molecular complexity index is 514. The first-order chi connectivity index (χ1) is 8.13. The summed E-state index contributed by atoms with van der Waals surface area (Å²) in [5.74, 6) is 2.30. The summed E-state index contributed by atoms with van der Waals surface area (Å²) >= 11 is 0. The first kappa shape index (κ1) is 11.3. The molecule has 0 bridgehead atoms. The predicted octanol–water partition coefficient (Wildman–Crippen LogP) is 1.08. The van der Waals surface area contributed by atoms with Gasteiger partial charge in [-0.2, -0.15) is 4.98 Å². The Kier molecular flexibility index (Phi) is 2.86. The molecule has 6 nitrogen and oxygen atoms in total. The lowest BCUT2D eigenvalue weighted by Crippen LogP contribution is -1.96. The molecule has 1 aromatic carbocycles. The molecule has 6 heteroatoms. The number of aromatic nitrogens is 3. The zero-order chi connectivity index (χ0) is 12.4. The Morgan fingerprint density at radius 3 is 2.12 bits per heavy atom. The highest BCUT2D eigenvalue weighted by atomic mass is 16.5. The van der Waals surface area contributed by atoms with Crippen molar-refractivity contribution in [2.75, 3.05) is 20.0 Å². The van der Waals surface area contributed by atoms with Gasteiger partial charge in [-0.3, -0.25) is 0 Å². The lowest BCUT2D eigenvalue weighted by molar-refractivity contribution is 0.394. The van der Waals surface area contributed by atoms with Crippen molar-refractivity contribution in [3.8, 4) is 22.9 Å². The molecule has 0 amide bonds. The van der Waals surface area contributed by atoms with E-state index >= 15 is 0 Å². The molecule has 0 saturated carbocycles. The smallest absolute Gasteiger partial charge is 0.240 e. The molecule has 1 heterocycles. The van der Waals surface area contributed by atoms with Crippen molar-refractivity contribution in [1.29, 1.82) is 0 Å². The van der Waals surface area contributed by atoms with Crippen LogP contribution in [0, 0.1) is 0 Å². The van der Waals surface area contributed by atoms with E-state index in [1.54, 1.807) is 32.0 Å². The minimum atomic E-state index is 0.240. The fraction of sp³-hybridized carbons (Fsp3) is 0.273. The molecule has 1 aromatic heterocycles. The Morgan fingerprint density at radius 1 is 1.12 bits per heavy atom. The summed E-state index contributed by atoms with van der Waals surface area (Å²) in [6, 6.07) is 5.50. The number of hydrogen-bond acceptors (Lipinski definition) is 5. The number of ether oxygens (including phenoxy) is 2. The molecule has 0 aliphatic rings. The van der Waals surface area contributed by atoms with Crippen LogP contribution in [0.2, 0.25) is 0 Å². The first-order valence-electron chi connectivity index (χ1n) is 5.04. The maximum atomic E-state index is 5.55. The van der Waals surface area contributed by atoms with E-state index in [2.05, 4.69) is 10.1 Å². The molecule has 0 aliphatic heterocycles. The van der Waals surface area contributed by atoms with E-state index in [-0.39, 0.29) is 5.95 Å². The van der Waals surface area contributed by atoms with Crippen LogP contribution < -0.4 is 15.2 Å². The molecule has 0 spiro atoms. The van der Waals surface area contributed by atoms with Crippen molar-refractivity contribution >= 4 is 5.95 Å². The molecule has 17 heavy (non-hydrogen) atoms. The average Bonchev–Trinajstić information content (AvgIpc) is 2.67. The van der Waals surface area contributed by atoms with Crippen LogP contribution in [0.3, 0.4) is 0 Å². The highest BCUT2D eigenvalue weighted by molar-refractivity contribution is 5.62. The van der Waals surface area contributed by atoms with Crippen LogP contribution in [-0.2, 0) is 7.05 Å². The maximum absolute atomic E-state index is 5.55. The monoisotopic (exact) mass is 234 g/mol. The van der Waals surface area contributed by atoms with Gasteiger partial charge in [-0.1, -0.05) is 0 Å². The van der Waals surface area contributed by atoms with Gasteiger partial charge in [0.15, 0.2) is 5.82 Å². The van der Waals surface area contributed by atoms with Gasteiger partial charge in [0, 0.05) is 18.7 Å². The van der Waals surface area contributed by atoms with Gasteiger partial charge in [-0.05, 0) is 12.1 Å². The van der Waals surface area contributed by atoms with Crippen LogP contribution >= 0.6 is 0 Å². The number of aryl methyl sites for hydroxylation is 1. The highest BCUT2D eigenvalue weighted by Gasteiger charge is 2.10. The number of methoxy groups -OCH3 is 2. The molecule has 2 N–H and O–H groups in total. The molecule has 90 valence electrons. The zero-order valence-electron chi connectivity index (χ0n) is 9.97. The average molecular weight is 234 g/mol. The van der Waals surface area contributed by atoms with Gasteiger partial charge in [0.1, 0.15) is 11.5 Å². The second-order valence-corrected chi connectivity index (χ2v) is 3.52. The van der Waals surface area contributed by atoms with Crippen molar-refractivity contribution in [1.82, 2.24) is 14.8 Å². The molecule has 0 atom stereocenters. The number of hydrogen-bond donors (Lipinski definition) is 1. The number of anilines is 1. The lowest BCUT2D eigenvalue weighted by atomic mass is 10.2. The topological polar surface area (TPSA) is 75.2 Å². The van der Waals surface area contributed by atoms with Crippen LogP contribution in [0.4, 0.5) is 5.95 Å². The Morgan fingerprint density at radius 2 is 1.71 bits per heavy atom. The quantitative estimate of drug-likeness (QED) is 0.860. The van der Waals surface area contributed by atoms with Crippen LogP contribution in [0.25, 0.3) is 11.4 Å². The highest BCUT2D eigenvalue weighted by Crippen LogP contribution is 2.28. The van der Waals surface area contributed by atoms with Gasteiger partial charge in [-0.25, -0.2) is 4.68 Å². The third-order valence-corrected chi connectivity index (χ3v) is 2.39. The van der Waals surface area contributed by atoms with Gasteiger partial charge in [0.2, 0.25) is 5.95 Å². The van der Waals surface area contributed by atoms with E-state index in [1.165, 1.54) is 0 Å². The van der Waals surface area contributed by atoms with E-state index in [1.807, 2.05) is 12.1 Å². The fourth-order valence-electron chi connectivity index (χ4n) is 1.59. The van der Waals surface area contributed by atoms with Gasteiger partial charge in [-0.15, -0.1) is 5.10 Å². The van der Waals surface area contributed by atoms with Gasteiger partial charge in [0.25, 0.3) is 0 Å². The lowest BCUT2D eigenvalue weighted by Gasteiger charge is -2.07. The van der Waals surface area contributed by atoms with E-state index in [0.717, 1.165) is 5.56 Å². The number of rotatable bonds is 3. The van der Waals surface area contributed by atoms with E-state index in [9.17, 15) is 0 Å². The Labute approximate surface area is 99.0 Å². The van der Waals surface area contributed by atoms with Crippen molar-refractivity contribution in [3.05, 3.63) is 18.2 Å². The zero-order valence-corrected chi connectivity index (χ0v) is 9.97. The second kappa shape index (κ2) is 4.32. The molecule has 0 fully saturated rings. The van der Waals surface area contributed by atoms with Crippen molar-refractivity contribution < 1.29 is 9.47 Å². The SMILES string of the molecule is COc1cc(OC)cc(-c2nc(N)nn2C)c1. The van der Waals surface area contributed by atoms with Crippen molar-refractivity contribution in [2.24, 2.45) is 7.05 Å². The van der Waals surface area contributed by atoms with Crippen molar-refractivity contribution in [3.63, 3.8) is 0 Å². The van der Waals surface area contributed by atoms with Crippen molar-refractivity contribution in [2.45, 2.75) is 0 Å². The molecule has 2 rings (SSSR count). The van der Waals surface area contributed by atoms with Crippen LogP contribution in [-0.4, -0.2) is 29.0 Å². The van der Waals surface area contributed by atoms with E-state index in [0.29, 0.717) is 17.3 Å². The molecular formula is C11H14N4O2. The first-order valence-corrected chi connectivity index (χ1v) is 5.04. The van der Waals surface area contributed by atoms with Crippen LogP contribution in [0.15, 0.2) is 18.2 Å². The van der Waals surface area contributed by atoms with Crippen LogP contribution in [0.5, 0.6) is 11.5 Å². The standard InChI is InChI=1S/C11H14N4O2/c1-15-10(13-11(12)14-15)7-4-8(16-2)6-9(5-7)17-3/h4-6H,1-3H3,(H2,12,14). The number of nitrogen functional groups attached to an aromatic ring is 1. The minimum Gasteiger partial charge on any atom is -0.497 e. The summed E-state index contributed by atoms with van der Waals surface area (Å²) in [5, 5.41) is 4.00. The third kappa shape index (κ3) is 2.15. The van der Waals surface area contributed by atoms with Gasteiger partial charge >= 0.3 is 0 Å². The summed E-state index contributed by atoms with van der Waals surface area (Å²) in [5.41, 5.74) is 6.39. The second-order valence-electron chi connectivity index (χ2n) is 3.52. The normalized spacial score (nSPS) is 10.3. The maximum Gasteiger partial charge on any atom is 0.240 e. The molecule has 0 radical (unpaired) electrons. The van der Waals surface area contributed by atoms with Crippen LogP contribution in [0.1, 0.15) is 0 Å². The molecule has 0 aliphatic carbocycles. The molecule has 0 unspecified atom stereocenters. The fourth-order valence-corrected chi connectivity index (χ4v) is 1.59. The largest absolute Gasteiger partial charge is 0.497 e. The molecule has 0 saturated heterocycles. The van der Waals surface area contributed by atoms with Gasteiger partial charge in [0.05, 0.1) is 14.2 Å².